The SMILES string of the molecule is CC(=NNC(=O)CSc1nnc(-c2ccc(Cl)cc2)n1-c1ccccc1)c1ccccc1O. The van der Waals surface area contributed by atoms with E-state index in [0.29, 0.717) is 27.3 Å². The number of thioether (sulfide) groups is 1. The van der Waals surface area contributed by atoms with Gasteiger partial charge < -0.3 is 5.11 Å². The van der Waals surface area contributed by atoms with Crippen molar-refractivity contribution in [3.05, 3.63) is 89.4 Å². The summed E-state index contributed by atoms with van der Waals surface area (Å²) in [7, 11) is 0. The predicted octanol–water partition coefficient (Wildman–Crippen LogP) is 4.93. The first-order chi connectivity index (χ1) is 16.0. The normalized spacial score (nSPS) is 11.4. The van der Waals surface area contributed by atoms with E-state index in [-0.39, 0.29) is 17.4 Å². The number of hydrogen-bond donors (Lipinski definition) is 2. The maximum absolute atomic E-state index is 12.4. The fourth-order valence-corrected chi connectivity index (χ4v) is 3.98. The van der Waals surface area contributed by atoms with Gasteiger partial charge in [0.15, 0.2) is 11.0 Å². The van der Waals surface area contributed by atoms with Crippen molar-refractivity contribution < 1.29 is 9.90 Å². The highest BCUT2D eigenvalue weighted by molar-refractivity contribution is 7.99. The van der Waals surface area contributed by atoms with Crippen LogP contribution in [0.5, 0.6) is 5.75 Å². The van der Waals surface area contributed by atoms with Crippen LogP contribution in [0.15, 0.2) is 89.1 Å². The van der Waals surface area contributed by atoms with E-state index in [1.54, 1.807) is 43.3 Å². The van der Waals surface area contributed by atoms with E-state index in [0.717, 1.165) is 11.3 Å². The van der Waals surface area contributed by atoms with E-state index in [4.69, 9.17) is 11.6 Å². The van der Waals surface area contributed by atoms with Gasteiger partial charge in [0.25, 0.3) is 5.91 Å². The van der Waals surface area contributed by atoms with Crippen molar-refractivity contribution in [1.29, 1.82) is 0 Å². The molecule has 0 saturated heterocycles. The number of carbonyl (C=O) groups excluding carboxylic acids is 1. The molecule has 4 aromatic rings. The Bertz CT molecular complexity index is 1290. The maximum Gasteiger partial charge on any atom is 0.250 e. The molecule has 0 aliphatic heterocycles. The number of benzene rings is 3. The summed E-state index contributed by atoms with van der Waals surface area (Å²) >= 11 is 7.28. The Balaban J connectivity index is 1.52. The summed E-state index contributed by atoms with van der Waals surface area (Å²) in [5.74, 6) is 0.538. The average Bonchev–Trinajstić information content (AvgIpc) is 3.26. The van der Waals surface area contributed by atoms with Crippen LogP contribution in [0.1, 0.15) is 12.5 Å². The highest BCUT2D eigenvalue weighted by Crippen LogP contribution is 2.28. The zero-order valence-corrected chi connectivity index (χ0v) is 19.2. The second-order valence-electron chi connectivity index (χ2n) is 7.02. The number of phenols is 1. The van der Waals surface area contributed by atoms with Gasteiger partial charge in [-0.3, -0.25) is 9.36 Å². The van der Waals surface area contributed by atoms with E-state index in [9.17, 15) is 9.90 Å². The topological polar surface area (TPSA) is 92.4 Å². The van der Waals surface area contributed by atoms with Crippen molar-refractivity contribution in [2.24, 2.45) is 5.10 Å². The van der Waals surface area contributed by atoms with Crippen molar-refractivity contribution in [3.63, 3.8) is 0 Å². The van der Waals surface area contributed by atoms with Gasteiger partial charge in [0.1, 0.15) is 5.75 Å². The van der Waals surface area contributed by atoms with Crippen LogP contribution in [0, 0.1) is 0 Å². The average molecular weight is 478 g/mol. The molecular weight excluding hydrogens is 458 g/mol. The summed E-state index contributed by atoms with van der Waals surface area (Å²) in [6.45, 7) is 1.72. The molecule has 2 N–H and O–H groups in total. The lowest BCUT2D eigenvalue weighted by atomic mass is 10.1. The van der Waals surface area contributed by atoms with Crippen molar-refractivity contribution in [2.75, 3.05) is 5.75 Å². The highest BCUT2D eigenvalue weighted by Gasteiger charge is 2.17. The standard InChI is InChI=1S/C24H20ClN5O2S/c1-16(20-9-5-6-10-21(20)31)26-27-22(32)15-33-24-29-28-23(17-11-13-18(25)14-12-17)30(24)19-7-3-2-4-8-19/h2-14,31H,15H2,1H3,(H,27,32). The van der Waals surface area contributed by atoms with Gasteiger partial charge in [0.05, 0.1) is 11.5 Å². The van der Waals surface area contributed by atoms with E-state index in [1.807, 2.05) is 47.0 Å². The van der Waals surface area contributed by atoms with E-state index in [2.05, 4.69) is 20.7 Å². The number of nitrogens with zero attached hydrogens (tertiary/aromatic N) is 4. The molecule has 9 heteroatoms. The monoisotopic (exact) mass is 477 g/mol. The third kappa shape index (κ3) is 5.42. The second-order valence-corrected chi connectivity index (χ2v) is 8.40. The molecule has 1 amide bonds. The fraction of sp³-hybridized carbons (Fsp3) is 0.0833. The third-order valence-corrected chi connectivity index (χ3v) is 5.91. The van der Waals surface area contributed by atoms with Crippen LogP contribution < -0.4 is 5.43 Å². The first-order valence-corrected chi connectivity index (χ1v) is 11.4. The van der Waals surface area contributed by atoms with Crippen molar-refractivity contribution in [3.8, 4) is 22.8 Å². The van der Waals surface area contributed by atoms with E-state index < -0.39 is 0 Å². The summed E-state index contributed by atoms with van der Waals surface area (Å²) in [5, 5.41) is 23.9. The van der Waals surface area contributed by atoms with Crippen LogP contribution >= 0.6 is 23.4 Å². The molecule has 1 aromatic heterocycles. The second kappa shape index (κ2) is 10.3. The molecule has 0 unspecified atom stereocenters. The molecule has 7 nitrogen and oxygen atoms in total. The van der Waals surface area contributed by atoms with E-state index >= 15 is 0 Å². The molecule has 0 aliphatic carbocycles. The molecule has 0 bridgehead atoms. The number of carbonyl (C=O) groups is 1. The van der Waals surface area contributed by atoms with Crippen molar-refractivity contribution in [2.45, 2.75) is 12.1 Å². The van der Waals surface area contributed by atoms with Gasteiger partial charge in [-0.15, -0.1) is 10.2 Å². The molecule has 33 heavy (non-hydrogen) atoms. The first kappa shape index (κ1) is 22.6. The fourth-order valence-electron chi connectivity index (χ4n) is 3.11. The smallest absolute Gasteiger partial charge is 0.250 e. The van der Waals surface area contributed by atoms with E-state index in [1.165, 1.54) is 11.8 Å². The van der Waals surface area contributed by atoms with Crippen LogP contribution in [0.2, 0.25) is 5.02 Å². The molecule has 0 atom stereocenters. The molecule has 0 fully saturated rings. The van der Waals surface area contributed by atoms with Crippen LogP contribution in [0.25, 0.3) is 17.1 Å². The Morgan fingerprint density at radius 1 is 1.03 bits per heavy atom. The van der Waals surface area contributed by atoms with Gasteiger partial charge >= 0.3 is 0 Å². The summed E-state index contributed by atoms with van der Waals surface area (Å²) in [4.78, 5) is 12.4. The quantitative estimate of drug-likeness (QED) is 0.224. The zero-order valence-electron chi connectivity index (χ0n) is 17.6. The summed E-state index contributed by atoms with van der Waals surface area (Å²) in [6, 6.07) is 23.9. The Hall–Kier alpha value is -3.62. The molecule has 166 valence electrons. The molecule has 3 aromatic carbocycles. The third-order valence-electron chi connectivity index (χ3n) is 4.72. The maximum atomic E-state index is 12.4. The minimum atomic E-state index is -0.301. The molecule has 0 radical (unpaired) electrons. The molecule has 0 saturated carbocycles. The van der Waals surface area contributed by atoms with Gasteiger partial charge in [-0.1, -0.05) is 53.7 Å². The Morgan fingerprint density at radius 3 is 2.45 bits per heavy atom. The Morgan fingerprint density at radius 2 is 1.73 bits per heavy atom. The molecule has 0 aliphatic rings. The number of amides is 1. The summed E-state index contributed by atoms with van der Waals surface area (Å²) < 4.78 is 1.90. The highest BCUT2D eigenvalue weighted by atomic mass is 35.5. The van der Waals surface area contributed by atoms with Gasteiger partial charge in [-0.2, -0.15) is 5.10 Å². The lowest BCUT2D eigenvalue weighted by Gasteiger charge is -2.10. The minimum Gasteiger partial charge on any atom is -0.507 e. The summed E-state index contributed by atoms with van der Waals surface area (Å²) in [5.41, 5.74) is 5.32. The largest absolute Gasteiger partial charge is 0.507 e. The van der Waals surface area contributed by atoms with Gasteiger partial charge in [-0.25, -0.2) is 5.43 Å². The Kier molecular flexibility index (Phi) is 7.07. The van der Waals surface area contributed by atoms with Crippen LogP contribution in [-0.4, -0.2) is 37.2 Å². The number of halogens is 1. The number of rotatable bonds is 7. The number of hydrazone groups is 1. The number of nitrogens with one attached hydrogen (secondary N) is 1. The van der Waals surface area contributed by atoms with Crippen LogP contribution in [-0.2, 0) is 4.79 Å². The number of aromatic hydroxyl groups is 1. The molecular formula is C24H20ClN5O2S. The lowest BCUT2D eigenvalue weighted by molar-refractivity contribution is -0.118. The Labute approximate surface area is 200 Å². The lowest BCUT2D eigenvalue weighted by Crippen LogP contribution is -2.21. The minimum absolute atomic E-state index is 0.0864. The summed E-state index contributed by atoms with van der Waals surface area (Å²) in [6.07, 6.45) is 0. The number of phenolic OH excluding ortho intramolecular Hbond substituents is 1. The first-order valence-electron chi connectivity index (χ1n) is 10.0. The van der Waals surface area contributed by atoms with Crippen molar-refractivity contribution >= 4 is 35.0 Å². The number of aromatic nitrogens is 3. The van der Waals surface area contributed by atoms with Gasteiger partial charge in [0, 0.05) is 21.8 Å². The molecule has 0 spiro atoms. The molecule has 1 heterocycles. The zero-order chi connectivity index (χ0) is 23.2. The molecule has 4 rings (SSSR count). The number of para-hydroxylation sites is 2. The van der Waals surface area contributed by atoms with Crippen molar-refractivity contribution in [1.82, 2.24) is 20.2 Å². The van der Waals surface area contributed by atoms with Crippen LogP contribution in [0.3, 0.4) is 0 Å². The van der Waals surface area contributed by atoms with Gasteiger partial charge in [0.2, 0.25) is 0 Å². The number of hydrogen-bond acceptors (Lipinski definition) is 6. The van der Waals surface area contributed by atoms with Gasteiger partial charge in [-0.05, 0) is 55.5 Å². The predicted molar refractivity (Wildman–Crippen MR) is 131 cm³/mol. The van der Waals surface area contributed by atoms with Crippen LogP contribution in [0.4, 0.5) is 0 Å².